The molecule has 2 aromatic carbocycles. The van der Waals surface area contributed by atoms with Gasteiger partial charge in [0.15, 0.2) is 0 Å². The lowest BCUT2D eigenvalue weighted by Crippen LogP contribution is -2.43. The Morgan fingerprint density at radius 2 is 1.66 bits per heavy atom. The van der Waals surface area contributed by atoms with Crippen LogP contribution in [0, 0.1) is 5.92 Å². The number of aromatic amines is 2. The number of likely N-dealkylation sites (tertiary alicyclic amines) is 1. The zero-order chi connectivity index (χ0) is 44.9. The fourth-order valence-electron chi connectivity index (χ4n) is 7.05. The zero-order valence-corrected chi connectivity index (χ0v) is 37.2. The number of H-pyrrole nitrogens is 2. The van der Waals surface area contributed by atoms with Gasteiger partial charge in [0.1, 0.15) is 17.9 Å². The summed E-state index contributed by atoms with van der Waals surface area (Å²) in [4.78, 5) is 63.0. The Morgan fingerprint density at radius 1 is 0.919 bits per heavy atom. The molecule has 0 radical (unpaired) electrons. The van der Waals surface area contributed by atoms with E-state index < -0.39 is 18.2 Å². The number of aryl methyl sites for hydroxylation is 1. The van der Waals surface area contributed by atoms with E-state index in [9.17, 15) is 19.2 Å². The fourth-order valence-corrected chi connectivity index (χ4v) is 7.05. The summed E-state index contributed by atoms with van der Waals surface area (Å²) < 4.78 is 14.0. The molecule has 2 saturated heterocycles. The van der Waals surface area contributed by atoms with Crippen molar-refractivity contribution >= 4 is 46.3 Å². The summed E-state index contributed by atoms with van der Waals surface area (Å²) >= 11 is 0. The smallest absolute Gasteiger partial charge is 0.407 e. The zero-order valence-electron chi connectivity index (χ0n) is 37.2. The second-order valence-corrected chi connectivity index (χ2v) is 14.8. The number of nitrogens with zero attached hydrogens (tertiary/aromatic N) is 5. The van der Waals surface area contributed by atoms with Gasteiger partial charge in [-0.2, -0.15) is 0 Å². The van der Waals surface area contributed by atoms with Crippen LogP contribution in [-0.2, 0) is 30.2 Å². The minimum absolute atomic E-state index is 0.105. The number of imidazole rings is 2. The lowest BCUT2D eigenvalue weighted by molar-refractivity contribution is -0.120. The van der Waals surface area contributed by atoms with Crippen molar-refractivity contribution < 1.29 is 33.4 Å². The van der Waals surface area contributed by atoms with Crippen molar-refractivity contribution in [2.45, 2.75) is 91.1 Å². The molecule has 0 aliphatic carbocycles. The van der Waals surface area contributed by atoms with Gasteiger partial charge in [-0.05, 0) is 82.3 Å². The first-order valence-corrected chi connectivity index (χ1v) is 21.6. The molecule has 3 aromatic heterocycles. The number of amides is 3. The van der Waals surface area contributed by atoms with Crippen LogP contribution in [0.1, 0.15) is 90.3 Å². The number of carbonyl (C=O) groups is 4. The summed E-state index contributed by atoms with van der Waals surface area (Å²) in [6, 6.07) is 14.3. The molecule has 2 fully saturated rings. The summed E-state index contributed by atoms with van der Waals surface area (Å²) in [6.45, 7) is 11.1. The molecule has 336 valence electrons. The third kappa shape index (κ3) is 14.3. The average molecular weight is 857 g/mol. The van der Waals surface area contributed by atoms with Gasteiger partial charge in [0.2, 0.25) is 5.91 Å². The fraction of sp³-hybridized carbons (Fsp3) is 0.511. The van der Waals surface area contributed by atoms with Crippen molar-refractivity contribution in [3.63, 3.8) is 0 Å². The van der Waals surface area contributed by atoms with E-state index in [4.69, 9.17) is 9.72 Å². The molecule has 17 nitrogen and oxygen atoms in total. The topological polar surface area (TPSA) is 218 Å². The van der Waals surface area contributed by atoms with E-state index in [2.05, 4.69) is 107 Å². The monoisotopic (exact) mass is 856 g/mol. The number of ether oxygens (including phenoxy) is 3. The maximum atomic E-state index is 11.7. The van der Waals surface area contributed by atoms with Crippen LogP contribution in [0.25, 0.3) is 44.5 Å². The number of alkyl carbamates (subject to hydrolysis) is 2. The first kappa shape index (κ1) is 48.7. The Morgan fingerprint density at radius 3 is 2.35 bits per heavy atom. The second kappa shape index (κ2) is 25.7. The van der Waals surface area contributed by atoms with Crippen LogP contribution in [-0.4, -0.2) is 120 Å². The van der Waals surface area contributed by atoms with Gasteiger partial charge < -0.3 is 44.9 Å². The van der Waals surface area contributed by atoms with E-state index in [0.717, 1.165) is 107 Å². The molecule has 0 spiro atoms. The number of unbranched alkanes of at least 4 members (excludes halogenated alkanes) is 1. The third-order valence-electron chi connectivity index (χ3n) is 10.3. The van der Waals surface area contributed by atoms with E-state index in [1.165, 1.54) is 27.1 Å². The maximum absolute atomic E-state index is 11.7. The number of hydrogen-bond donors (Lipinski definition) is 5. The summed E-state index contributed by atoms with van der Waals surface area (Å²) in [6.07, 6.45) is 8.97. The lowest BCUT2D eigenvalue weighted by Gasteiger charge is -2.26. The van der Waals surface area contributed by atoms with E-state index in [1.807, 2.05) is 32.2 Å². The van der Waals surface area contributed by atoms with Gasteiger partial charge in [-0.15, -0.1) is 10.2 Å². The minimum Gasteiger partial charge on any atom is -0.453 e. The first-order valence-electron chi connectivity index (χ1n) is 21.6. The highest BCUT2D eigenvalue weighted by Crippen LogP contribution is 2.31. The quantitative estimate of drug-likeness (QED) is 0.0603. The molecule has 3 amide bonds. The molecule has 2 aliphatic heterocycles. The molecule has 7 rings (SSSR count). The highest BCUT2D eigenvalue weighted by Gasteiger charge is 2.26. The minimum atomic E-state index is -0.628. The number of rotatable bonds is 13. The second-order valence-electron chi connectivity index (χ2n) is 14.8. The van der Waals surface area contributed by atoms with Crippen LogP contribution in [0.3, 0.4) is 0 Å². The Bertz CT molecular complexity index is 2170. The maximum Gasteiger partial charge on any atom is 0.407 e. The molecule has 2 aliphatic rings. The van der Waals surface area contributed by atoms with Crippen molar-refractivity contribution in [2.24, 2.45) is 5.92 Å². The van der Waals surface area contributed by atoms with Gasteiger partial charge >= 0.3 is 12.2 Å². The largest absolute Gasteiger partial charge is 0.453 e. The number of fused-ring (bicyclic) bond motifs is 2. The summed E-state index contributed by atoms with van der Waals surface area (Å²) in [7, 11) is 4.69. The lowest BCUT2D eigenvalue weighted by atomic mass is 9.93. The van der Waals surface area contributed by atoms with Gasteiger partial charge in [0.25, 0.3) is 0 Å². The Labute approximate surface area is 363 Å². The predicted molar refractivity (Wildman–Crippen MR) is 239 cm³/mol. The molecule has 0 bridgehead atoms. The Kier molecular flexibility index (Phi) is 20.2. The van der Waals surface area contributed by atoms with E-state index >= 15 is 0 Å². The van der Waals surface area contributed by atoms with E-state index in [-0.39, 0.29) is 18.4 Å². The van der Waals surface area contributed by atoms with Crippen LogP contribution in [0.5, 0.6) is 0 Å². The van der Waals surface area contributed by atoms with Crippen LogP contribution in [0.15, 0.2) is 48.7 Å². The molecule has 17 heteroatoms. The Balaban J connectivity index is 0.000000373. The van der Waals surface area contributed by atoms with Gasteiger partial charge in [0.05, 0.1) is 67.0 Å². The highest BCUT2D eigenvalue weighted by molar-refractivity contribution is 5.87. The average Bonchev–Trinajstić information content (AvgIpc) is 4.08. The first-order chi connectivity index (χ1) is 30.2. The van der Waals surface area contributed by atoms with Gasteiger partial charge in [0, 0.05) is 42.7 Å². The van der Waals surface area contributed by atoms with Crippen molar-refractivity contribution in [3.05, 3.63) is 60.3 Å². The summed E-state index contributed by atoms with van der Waals surface area (Å²) in [5.74, 6) is 1.83. The van der Waals surface area contributed by atoms with Gasteiger partial charge in [-0.3, -0.25) is 9.69 Å². The summed E-state index contributed by atoms with van der Waals surface area (Å²) in [5.41, 5.74) is 6.50. The highest BCUT2D eigenvalue weighted by atomic mass is 16.5. The van der Waals surface area contributed by atoms with E-state index in [1.54, 1.807) is 0 Å². The standard InChI is InChI=1S/C31H35N9O3.C9H15NO4.C3H8.C2H6/c1-40-13-5-6-27(40)30-36-22-11-10-20(16-25(22)37-30)23-14-19-8-9-21(15-24(19)39-38-23)26-17-33-28(35-26)7-3-4-12-32-29(41)18-34-31(42)43-2;1-13-9(12)10-8(6-11)7-2-4-14-5-3-7;1-3-2;1-2/h8-11,14-17,27H,3-7,12-13,18H2,1-2H3,(H,32,41)(H,33,35)(H,34,42)(H,36,37);6-8H,2-5H2,1H3,(H,10,12);3H2,1-2H3;1-2H3. The Hall–Kier alpha value is -5.94. The van der Waals surface area contributed by atoms with E-state index in [0.29, 0.717) is 25.8 Å². The molecular formula is C45H64N10O7. The predicted octanol–water partition coefficient (Wildman–Crippen LogP) is 6.90. The van der Waals surface area contributed by atoms with Crippen molar-refractivity contribution in [2.75, 3.05) is 54.1 Å². The number of methoxy groups -OCH3 is 2. The molecule has 2 atom stereocenters. The van der Waals surface area contributed by atoms with Gasteiger partial charge in [-0.25, -0.2) is 19.6 Å². The van der Waals surface area contributed by atoms with Crippen molar-refractivity contribution in [1.29, 1.82) is 0 Å². The number of carbonyl (C=O) groups excluding carboxylic acids is 4. The van der Waals surface area contributed by atoms with Crippen molar-refractivity contribution in [3.8, 4) is 22.5 Å². The third-order valence-corrected chi connectivity index (χ3v) is 10.3. The number of aromatic nitrogens is 6. The number of hydrogen-bond acceptors (Lipinski definition) is 12. The molecular weight excluding hydrogens is 793 g/mol. The SMILES string of the molecule is CC.CCC.COC(=O)NC(C=O)C1CCOCC1.COC(=O)NCC(=O)NCCCCc1ncc(-c2ccc3cc(-c4ccc5nc(C6CCCN6C)[nH]c5c4)nnc3c2)[nH]1. The normalized spacial score (nSPS) is 15.4. The molecule has 5 aromatic rings. The number of aldehydes is 1. The van der Waals surface area contributed by atoms with Crippen LogP contribution >= 0.6 is 0 Å². The molecule has 0 saturated carbocycles. The van der Waals surface area contributed by atoms with Crippen molar-refractivity contribution in [1.82, 2.24) is 51.0 Å². The van der Waals surface area contributed by atoms with Crippen LogP contribution < -0.4 is 16.0 Å². The number of benzene rings is 2. The van der Waals surface area contributed by atoms with Crippen LogP contribution in [0.4, 0.5) is 9.59 Å². The molecule has 62 heavy (non-hydrogen) atoms. The molecule has 5 N–H and O–H groups in total. The molecule has 5 heterocycles. The number of nitrogens with one attached hydrogen (secondary N) is 5. The van der Waals surface area contributed by atoms with Crippen LogP contribution in [0.2, 0.25) is 0 Å². The molecule has 2 unspecified atom stereocenters. The summed E-state index contributed by atoms with van der Waals surface area (Å²) in [5, 5.41) is 17.7. The van der Waals surface area contributed by atoms with Gasteiger partial charge in [-0.1, -0.05) is 52.3 Å².